The monoisotopic (exact) mass is 393 g/mol. The molecular formula is C17H17Br2N. The van der Waals surface area contributed by atoms with Crippen LogP contribution in [0.15, 0.2) is 39.8 Å². The van der Waals surface area contributed by atoms with Gasteiger partial charge in [-0.1, -0.05) is 35.9 Å². The van der Waals surface area contributed by atoms with E-state index in [0.29, 0.717) is 0 Å². The maximum atomic E-state index is 3.56. The molecule has 0 saturated heterocycles. The van der Waals surface area contributed by atoms with Gasteiger partial charge < -0.3 is 5.32 Å². The molecule has 20 heavy (non-hydrogen) atoms. The molecule has 2 aromatic rings. The summed E-state index contributed by atoms with van der Waals surface area (Å²) >= 11 is 6.84. The highest BCUT2D eigenvalue weighted by Crippen LogP contribution is 2.30. The summed E-state index contributed by atoms with van der Waals surface area (Å²) in [4.78, 5) is 0. The number of nitrogens with one attached hydrogen (secondary N) is 1. The molecule has 0 aromatic heterocycles. The molecule has 3 heteroatoms. The Labute approximate surface area is 137 Å². The van der Waals surface area contributed by atoms with Gasteiger partial charge in [-0.15, -0.1) is 0 Å². The molecule has 0 heterocycles. The fourth-order valence-corrected chi connectivity index (χ4v) is 2.86. The first kappa shape index (κ1) is 15.3. The highest BCUT2D eigenvalue weighted by molar-refractivity contribution is 9.28. The number of anilines is 2. The Balaban J connectivity index is 2.43. The number of halogens is 2. The number of benzene rings is 2. The fourth-order valence-electron chi connectivity index (χ4n) is 2.37. The van der Waals surface area contributed by atoms with Gasteiger partial charge in [0.05, 0.1) is 3.39 Å². The van der Waals surface area contributed by atoms with Gasteiger partial charge >= 0.3 is 0 Å². The molecule has 0 aliphatic rings. The van der Waals surface area contributed by atoms with Crippen LogP contribution in [0, 0.1) is 20.8 Å². The Morgan fingerprint density at radius 2 is 1.60 bits per heavy atom. The van der Waals surface area contributed by atoms with E-state index in [-0.39, 0.29) is 0 Å². The predicted molar refractivity (Wildman–Crippen MR) is 96.2 cm³/mol. The van der Waals surface area contributed by atoms with Crippen LogP contribution in [-0.2, 0) is 0 Å². The molecule has 2 rings (SSSR count). The molecule has 0 fully saturated rings. The van der Waals surface area contributed by atoms with Gasteiger partial charge in [0.2, 0.25) is 0 Å². The van der Waals surface area contributed by atoms with Crippen LogP contribution < -0.4 is 5.32 Å². The SMILES string of the molecule is Cc1cc(C)c(Nc2ccccc2C=C(Br)Br)c(C)c1. The van der Waals surface area contributed by atoms with Gasteiger partial charge in [-0.05, 0) is 81.5 Å². The van der Waals surface area contributed by atoms with Gasteiger partial charge in [0.1, 0.15) is 0 Å². The Kier molecular flexibility index (Phi) is 5.06. The predicted octanol–water partition coefficient (Wildman–Crippen LogP) is 6.44. The molecule has 0 amide bonds. The molecule has 0 aliphatic carbocycles. The largest absolute Gasteiger partial charge is 0.355 e. The van der Waals surface area contributed by atoms with Gasteiger partial charge in [-0.25, -0.2) is 0 Å². The van der Waals surface area contributed by atoms with Gasteiger partial charge in [0.25, 0.3) is 0 Å². The lowest BCUT2D eigenvalue weighted by Crippen LogP contribution is -1.98. The molecule has 104 valence electrons. The zero-order chi connectivity index (χ0) is 14.7. The normalized spacial score (nSPS) is 10.2. The lowest BCUT2D eigenvalue weighted by atomic mass is 10.0. The minimum absolute atomic E-state index is 0.927. The van der Waals surface area contributed by atoms with Crippen molar-refractivity contribution >= 4 is 49.3 Å². The van der Waals surface area contributed by atoms with Crippen LogP contribution in [0.3, 0.4) is 0 Å². The summed E-state index contributed by atoms with van der Waals surface area (Å²) in [5, 5.41) is 3.56. The molecule has 0 unspecified atom stereocenters. The molecular weight excluding hydrogens is 378 g/mol. The minimum atomic E-state index is 0.927. The van der Waals surface area contributed by atoms with Crippen molar-refractivity contribution in [3.63, 3.8) is 0 Å². The first-order valence-corrected chi connectivity index (χ1v) is 8.02. The molecule has 0 spiro atoms. The summed E-state index contributed by atoms with van der Waals surface area (Å²) in [6, 6.07) is 12.7. The second-order valence-corrected chi connectivity index (χ2v) is 7.69. The average molecular weight is 395 g/mol. The quantitative estimate of drug-likeness (QED) is 0.631. The zero-order valence-corrected chi connectivity index (χ0v) is 15.0. The van der Waals surface area contributed by atoms with E-state index in [9.17, 15) is 0 Å². The Morgan fingerprint density at radius 1 is 1.00 bits per heavy atom. The fraction of sp³-hybridized carbons (Fsp3) is 0.176. The van der Waals surface area contributed by atoms with Gasteiger partial charge in [0, 0.05) is 11.4 Å². The van der Waals surface area contributed by atoms with Crippen molar-refractivity contribution in [2.75, 3.05) is 5.32 Å². The van der Waals surface area contributed by atoms with Crippen LogP contribution in [0.2, 0.25) is 0 Å². The van der Waals surface area contributed by atoms with Crippen LogP contribution in [0.25, 0.3) is 6.08 Å². The molecule has 1 nitrogen and oxygen atoms in total. The molecule has 0 bridgehead atoms. The van der Waals surface area contributed by atoms with Gasteiger partial charge in [0.15, 0.2) is 0 Å². The van der Waals surface area contributed by atoms with Crippen molar-refractivity contribution in [2.24, 2.45) is 0 Å². The van der Waals surface area contributed by atoms with Crippen molar-refractivity contribution in [3.05, 3.63) is 62.0 Å². The van der Waals surface area contributed by atoms with E-state index in [2.05, 4.69) is 82.2 Å². The zero-order valence-electron chi connectivity index (χ0n) is 11.8. The lowest BCUT2D eigenvalue weighted by Gasteiger charge is -2.15. The average Bonchev–Trinajstić information content (AvgIpc) is 2.34. The number of hydrogen-bond acceptors (Lipinski definition) is 1. The molecule has 0 saturated carbocycles. The Hall–Kier alpha value is -1.06. The first-order chi connectivity index (χ1) is 9.47. The van der Waals surface area contributed by atoms with Crippen LogP contribution in [-0.4, -0.2) is 0 Å². The van der Waals surface area contributed by atoms with E-state index in [1.165, 1.54) is 22.4 Å². The second-order valence-electron chi connectivity index (χ2n) is 4.92. The van der Waals surface area contributed by atoms with Crippen molar-refractivity contribution < 1.29 is 0 Å². The summed E-state index contributed by atoms with van der Waals surface area (Å²) in [5.74, 6) is 0. The number of para-hydroxylation sites is 1. The Bertz CT molecular complexity index is 633. The van der Waals surface area contributed by atoms with E-state index in [0.717, 1.165) is 14.6 Å². The third-order valence-electron chi connectivity index (χ3n) is 3.16. The van der Waals surface area contributed by atoms with E-state index in [4.69, 9.17) is 0 Å². The lowest BCUT2D eigenvalue weighted by molar-refractivity contribution is 1.31. The topological polar surface area (TPSA) is 12.0 Å². The van der Waals surface area contributed by atoms with Crippen LogP contribution in [0.1, 0.15) is 22.3 Å². The summed E-state index contributed by atoms with van der Waals surface area (Å²) in [7, 11) is 0. The molecule has 0 aliphatic heterocycles. The second kappa shape index (κ2) is 6.59. The highest BCUT2D eigenvalue weighted by Gasteiger charge is 2.06. The third-order valence-corrected chi connectivity index (χ3v) is 3.62. The maximum absolute atomic E-state index is 3.56. The van der Waals surface area contributed by atoms with Crippen molar-refractivity contribution in [1.82, 2.24) is 0 Å². The summed E-state index contributed by atoms with van der Waals surface area (Å²) in [6.45, 7) is 6.41. The van der Waals surface area contributed by atoms with Crippen molar-refractivity contribution in [3.8, 4) is 0 Å². The van der Waals surface area contributed by atoms with Gasteiger partial charge in [-0.3, -0.25) is 0 Å². The van der Waals surface area contributed by atoms with Crippen LogP contribution in [0.5, 0.6) is 0 Å². The third kappa shape index (κ3) is 3.74. The summed E-state index contributed by atoms with van der Waals surface area (Å²) in [6.07, 6.45) is 2.04. The molecule has 0 atom stereocenters. The van der Waals surface area contributed by atoms with E-state index >= 15 is 0 Å². The van der Waals surface area contributed by atoms with Crippen LogP contribution >= 0.6 is 31.9 Å². The highest BCUT2D eigenvalue weighted by atomic mass is 79.9. The van der Waals surface area contributed by atoms with Gasteiger partial charge in [-0.2, -0.15) is 0 Å². The number of hydrogen-bond donors (Lipinski definition) is 1. The van der Waals surface area contributed by atoms with Crippen molar-refractivity contribution in [2.45, 2.75) is 20.8 Å². The Morgan fingerprint density at radius 3 is 2.20 bits per heavy atom. The molecule has 0 radical (unpaired) electrons. The van der Waals surface area contributed by atoms with E-state index in [1.54, 1.807) is 0 Å². The minimum Gasteiger partial charge on any atom is -0.355 e. The smallest absolute Gasteiger partial charge is 0.0610 e. The first-order valence-electron chi connectivity index (χ1n) is 6.44. The standard InChI is InChI=1S/C17H17Br2N/c1-11-8-12(2)17(13(3)9-11)20-15-7-5-4-6-14(15)10-16(18)19/h4-10,20H,1-3H3. The van der Waals surface area contributed by atoms with E-state index in [1.807, 2.05) is 18.2 Å². The number of aryl methyl sites for hydroxylation is 3. The molecule has 1 N–H and O–H groups in total. The maximum Gasteiger partial charge on any atom is 0.0610 e. The van der Waals surface area contributed by atoms with Crippen LogP contribution in [0.4, 0.5) is 11.4 Å². The summed E-state index contributed by atoms with van der Waals surface area (Å²) in [5.41, 5.74) is 7.23. The molecule has 2 aromatic carbocycles. The van der Waals surface area contributed by atoms with Crippen molar-refractivity contribution in [1.29, 1.82) is 0 Å². The summed E-state index contributed by atoms with van der Waals surface area (Å²) < 4.78 is 0.927. The number of rotatable bonds is 3. The van der Waals surface area contributed by atoms with E-state index < -0.39 is 0 Å².